The molecule has 1 amide bonds. The zero-order valence-electron chi connectivity index (χ0n) is 9.60. The molecule has 0 saturated carbocycles. The maximum absolute atomic E-state index is 12.0. The van der Waals surface area contributed by atoms with Gasteiger partial charge in [-0.1, -0.05) is 0 Å². The van der Waals surface area contributed by atoms with Crippen molar-refractivity contribution in [3.63, 3.8) is 0 Å². The zero-order valence-corrected chi connectivity index (χ0v) is 9.60. The van der Waals surface area contributed by atoms with Crippen LogP contribution < -0.4 is 0 Å². The standard InChI is InChI=1S/C12H15N3O/c1-3-15(4-2)12(16)10-6-8-14-11(9-10)5-7-13/h6,8-9H,3-5H2,1-2H3. The van der Waals surface area contributed by atoms with Crippen molar-refractivity contribution in [2.45, 2.75) is 20.3 Å². The van der Waals surface area contributed by atoms with Gasteiger partial charge >= 0.3 is 0 Å². The van der Waals surface area contributed by atoms with Crippen LogP contribution in [0, 0.1) is 11.3 Å². The molecule has 1 aromatic heterocycles. The molecular formula is C12H15N3O. The molecule has 4 heteroatoms. The van der Waals surface area contributed by atoms with E-state index in [9.17, 15) is 4.79 Å². The smallest absolute Gasteiger partial charge is 0.253 e. The Kier molecular flexibility index (Phi) is 4.46. The summed E-state index contributed by atoms with van der Waals surface area (Å²) in [5, 5.41) is 8.57. The Labute approximate surface area is 95.5 Å². The van der Waals surface area contributed by atoms with Gasteiger partial charge in [-0.2, -0.15) is 5.26 Å². The Morgan fingerprint density at radius 1 is 1.50 bits per heavy atom. The first kappa shape index (κ1) is 12.2. The van der Waals surface area contributed by atoms with Crippen molar-refractivity contribution >= 4 is 5.91 Å². The van der Waals surface area contributed by atoms with Gasteiger partial charge in [0.2, 0.25) is 0 Å². The van der Waals surface area contributed by atoms with E-state index in [0.29, 0.717) is 24.3 Å². The van der Waals surface area contributed by atoms with Gasteiger partial charge in [-0.05, 0) is 26.0 Å². The number of carbonyl (C=O) groups excluding carboxylic acids is 1. The Balaban J connectivity index is 2.91. The minimum Gasteiger partial charge on any atom is -0.339 e. The highest BCUT2D eigenvalue weighted by atomic mass is 16.2. The molecule has 1 rings (SSSR count). The molecule has 0 fully saturated rings. The van der Waals surface area contributed by atoms with E-state index in [0.717, 1.165) is 0 Å². The predicted octanol–water partition coefficient (Wildman–Crippen LogP) is 1.63. The number of hydrogen-bond acceptors (Lipinski definition) is 3. The largest absolute Gasteiger partial charge is 0.339 e. The molecule has 84 valence electrons. The number of pyridine rings is 1. The van der Waals surface area contributed by atoms with Crippen LogP contribution in [-0.2, 0) is 6.42 Å². The average Bonchev–Trinajstić information content (AvgIpc) is 2.31. The highest BCUT2D eigenvalue weighted by molar-refractivity contribution is 5.94. The highest BCUT2D eigenvalue weighted by Crippen LogP contribution is 2.06. The summed E-state index contributed by atoms with van der Waals surface area (Å²) in [6, 6.07) is 5.39. The van der Waals surface area contributed by atoms with E-state index in [-0.39, 0.29) is 12.3 Å². The topological polar surface area (TPSA) is 57.0 Å². The molecule has 16 heavy (non-hydrogen) atoms. The lowest BCUT2D eigenvalue weighted by molar-refractivity contribution is 0.0772. The summed E-state index contributed by atoms with van der Waals surface area (Å²) in [4.78, 5) is 17.7. The van der Waals surface area contributed by atoms with E-state index in [1.54, 1.807) is 23.2 Å². The van der Waals surface area contributed by atoms with E-state index in [4.69, 9.17) is 5.26 Å². The number of amides is 1. The first-order chi connectivity index (χ1) is 7.72. The van der Waals surface area contributed by atoms with Gasteiger partial charge in [0.25, 0.3) is 5.91 Å². The van der Waals surface area contributed by atoms with Gasteiger partial charge in [-0.15, -0.1) is 0 Å². The second-order valence-electron chi connectivity index (χ2n) is 3.35. The van der Waals surface area contributed by atoms with Crippen molar-refractivity contribution in [1.82, 2.24) is 9.88 Å². The van der Waals surface area contributed by atoms with Gasteiger partial charge < -0.3 is 4.90 Å². The van der Waals surface area contributed by atoms with Gasteiger partial charge in [-0.25, -0.2) is 0 Å². The van der Waals surface area contributed by atoms with Crippen molar-refractivity contribution in [2.75, 3.05) is 13.1 Å². The first-order valence-electron chi connectivity index (χ1n) is 5.34. The molecule has 0 saturated heterocycles. The van der Waals surface area contributed by atoms with Crippen LogP contribution in [0.3, 0.4) is 0 Å². The van der Waals surface area contributed by atoms with E-state index in [2.05, 4.69) is 4.98 Å². The summed E-state index contributed by atoms with van der Waals surface area (Å²) < 4.78 is 0. The summed E-state index contributed by atoms with van der Waals surface area (Å²) in [5.41, 5.74) is 1.24. The summed E-state index contributed by atoms with van der Waals surface area (Å²) in [6.07, 6.45) is 1.81. The quantitative estimate of drug-likeness (QED) is 0.770. The molecule has 1 heterocycles. The number of aromatic nitrogens is 1. The van der Waals surface area contributed by atoms with E-state index >= 15 is 0 Å². The molecule has 0 radical (unpaired) electrons. The Morgan fingerprint density at radius 3 is 2.75 bits per heavy atom. The Bertz CT molecular complexity index is 405. The number of nitrogens with zero attached hydrogens (tertiary/aromatic N) is 3. The van der Waals surface area contributed by atoms with Gasteiger partial charge in [-0.3, -0.25) is 9.78 Å². The number of nitriles is 1. The van der Waals surface area contributed by atoms with Crippen molar-refractivity contribution < 1.29 is 4.79 Å². The van der Waals surface area contributed by atoms with Crippen LogP contribution in [0.25, 0.3) is 0 Å². The van der Waals surface area contributed by atoms with Crippen molar-refractivity contribution in [3.8, 4) is 6.07 Å². The van der Waals surface area contributed by atoms with Crippen LogP contribution >= 0.6 is 0 Å². The van der Waals surface area contributed by atoms with Gasteiger partial charge in [0.05, 0.1) is 18.2 Å². The SMILES string of the molecule is CCN(CC)C(=O)c1ccnc(CC#N)c1. The fraction of sp³-hybridized carbons (Fsp3) is 0.417. The lowest BCUT2D eigenvalue weighted by atomic mass is 10.2. The van der Waals surface area contributed by atoms with Crippen molar-refractivity contribution in [3.05, 3.63) is 29.6 Å². The lowest BCUT2D eigenvalue weighted by Crippen LogP contribution is -2.30. The molecule has 0 aromatic carbocycles. The molecule has 0 spiro atoms. The third kappa shape index (κ3) is 2.80. The van der Waals surface area contributed by atoms with Crippen molar-refractivity contribution in [1.29, 1.82) is 5.26 Å². The Hall–Kier alpha value is -1.89. The highest BCUT2D eigenvalue weighted by Gasteiger charge is 2.12. The maximum atomic E-state index is 12.0. The van der Waals surface area contributed by atoms with E-state index < -0.39 is 0 Å². The second-order valence-corrected chi connectivity index (χ2v) is 3.35. The summed E-state index contributed by atoms with van der Waals surface area (Å²) in [5.74, 6) is -0.00779. The molecule has 0 atom stereocenters. The van der Waals surface area contributed by atoms with Crippen molar-refractivity contribution in [2.24, 2.45) is 0 Å². The second kappa shape index (κ2) is 5.86. The van der Waals surface area contributed by atoms with Gasteiger partial charge in [0, 0.05) is 24.8 Å². The maximum Gasteiger partial charge on any atom is 0.253 e. The zero-order chi connectivity index (χ0) is 12.0. The van der Waals surface area contributed by atoms with Crippen LogP contribution in [0.2, 0.25) is 0 Å². The number of hydrogen-bond donors (Lipinski definition) is 0. The molecule has 0 N–H and O–H groups in total. The molecule has 0 unspecified atom stereocenters. The predicted molar refractivity (Wildman–Crippen MR) is 60.8 cm³/mol. The molecule has 0 aliphatic rings. The molecular weight excluding hydrogens is 202 g/mol. The average molecular weight is 217 g/mol. The number of carbonyl (C=O) groups is 1. The third-order valence-corrected chi connectivity index (χ3v) is 2.37. The van der Waals surface area contributed by atoms with Gasteiger partial charge in [0.1, 0.15) is 0 Å². The first-order valence-corrected chi connectivity index (χ1v) is 5.34. The van der Waals surface area contributed by atoms with Crippen LogP contribution in [0.1, 0.15) is 29.9 Å². The molecule has 1 aromatic rings. The molecule has 0 aliphatic carbocycles. The molecule has 0 bridgehead atoms. The summed E-state index contributed by atoms with van der Waals surface area (Å²) in [6.45, 7) is 5.26. The normalized spacial score (nSPS) is 9.56. The van der Waals surface area contributed by atoms with Crippen LogP contribution in [-0.4, -0.2) is 28.9 Å². The third-order valence-electron chi connectivity index (χ3n) is 2.37. The number of rotatable bonds is 4. The lowest BCUT2D eigenvalue weighted by Gasteiger charge is -2.18. The monoisotopic (exact) mass is 217 g/mol. The van der Waals surface area contributed by atoms with Crippen LogP contribution in [0.4, 0.5) is 0 Å². The molecule has 4 nitrogen and oxygen atoms in total. The van der Waals surface area contributed by atoms with Crippen LogP contribution in [0.15, 0.2) is 18.3 Å². The van der Waals surface area contributed by atoms with E-state index in [1.165, 1.54) is 0 Å². The minimum absolute atomic E-state index is 0.00779. The summed E-state index contributed by atoms with van der Waals surface area (Å²) >= 11 is 0. The minimum atomic E-state index is -0.00779. The fourth-order valence-corrected chi connectivity index (χ4v) is 1.48. The van der Waals surface area contributed by atoms with Crippen LogP contribution in [0.5, 0.6) is 0 Å². The fourth-order valence-electron chi connectivity index (χ4n) is 1.48. The van der Waals surface area contributed by atoms with Gasteiger partial charge in [0.15, 0.2) is 0 Å². The Morgan fingerprint density at radius 2 is 2.19 bits per heavy atom. The molecule has 0 aliphatic heterocycles. The van der Waals surface area contributed by atoms with E-state index in [1.807, 2.05) is 19.9 Å². The summed E-state index contributed by atoms with van der Waals surface area (Å²) in [7, 11) is 0.